The number of rotatable bonds is 10. The van der Waals surface area contributed by atoms with Crippen molar-refractivity contribution in [3.05, 3.63) is 65.2 Å². The Labute approximate surface area is 177 Å². The fraction of sp³-hybridized carbons (Fsp3) is 0.292. The van der Waals surface area contributed by atoms with E-state index in [4.69, 9.17) is 4.74 Å². The minimum absolute atomic E-state index is 0.000974. The average molecular weight is 405 g/mol. The molecule has 0 spiro atoms. The van der Waals surface area contributed by atoms with Crippen molar-refractivity contribution in [1.82, 2.24) is 5.32 Å². The number of nitrogens with zero attached hydrogens (tertiary/aromatic N) is 1. The summed E-state index contributed by atoms with van der Waals surface area (Å²) < 4.78 is 5.39. The molecule has 30 heavy (non-hydrogen) atoms. The molecule has 2 amide bonds. The lowest BCUT2D eigenvalue weighted by atomic mass is 10.1. The number of carbonyl (C=O) groups excluding carboxylic acids is 2. The fourth-order valence-corrected chi connectivity index (χ4v) is 2.71. The molecule has 0 aromatic heterocycles. The number of hydrogen-bond donors (Lipinski definition) is 2. The van der Waals surface area contributed by atoms with Crippen LogP contribution >= 0.6 is 0 Å². The zero-order valence-corrected chi connectivity index (χ0v) is 17.4. The summed E-state index contributed by atoms with van der Waals surface area (Å²) >= 11 is 0. The van der Waals surface area contributed by atoms with Gasteiger partial charge in [0, 0.05) is 12.2 Å². The van der Waals surface area contributed by atoms with E-state index in [0.29, 0.717) is 23.5 Å². The molecule has 0 unspecified atom stereocenters. The van der Waals surface area contributed by atoms with E-state index in [1.165, 1.54) is 11.6 Å². The highest BCUT2D eigenvalue weighted by Gasteiger charge is 2.10. The van der Waals surface area contributed by atoms with E-state index in [-0.39, 0.29) is 18.1 Å². The Bertz CT molecular complexity index is 910. The van der Waals surface area contributed by atoms with Gasteiger partial charge in [-0.1, -0.05) is 37.6 Å². The van der Waals surface area contributed by atoms with Gasteiger partial charge in [-0.05, 0) is 61.2 Å². The summed E-state index contributed by atoms with van der Waals surface area (Å²) in [6, 6.07) is 16.4. The van der Waals surface area contributed by atoms with Gasteiger partial charge in [-0.2, -0.15) is 5.26 Å². The van der Waals surface area contributed by atoms with Crippen LogP contribution in [0.4, 0.5) is 5.69 Å². The summed E-state index contributed by atoms with van der Waals surface area (Å²) in [4.78, 5) is 23.9. The molecule has 0 atom stereocenters. The van der Waals surface area contributed by atoms with Crippen LogP contribution in [0.15, 0.2) is 54.1 Å². The third-order valence-corrected chi connectivity index (χ3v) is 4.33. The molecule has 0 saturated heterocycles. The van der Waals surface area contributed by atoms with Crippen LogP contribution in [-0.2, 0) is 16.0 Å². The predicted octanol–water partition coefficient (Wildman–Crippen LogP) is 4.09. The fourth-order valence-electron chi connectivity index (χ4n) is 2.71. The summed E-state index contributed by atoms with van der Waals surface area (Å²) in [7, 11) is 0. The number of hydrogen-bond acceptors (Lipinski definition) is 4. The van der Waals surface area contributed by atoms with Crippen molar-refractivity contribution in [1.29, 1.82) is 5.26 Å². The second kappa shape index (κ2) is 12.1. The molecule has 2 rings (SSSR count). The zero-order chi connectivity index (χ0) is 21.8. The summed E-state index contributed by atoms with van der Waals surface area (Å²) in [6.45, 7) is 4.47. The lowest BCUT2D eigenvalue weighted by Gasteiger charge is -2.07. The van der Waals surface area contributed by atoms with Gasteiger partial charge in [-0.3, -0.25) is 9.59 Å². The molecule has 0 aliphatic heterocycles. The third-order valence-electron chi connectivity index (χ3n) is 4.33. The van der Waals surface area contributed by atoms with Gasteiger partial charge >= 0.3 is 0 Å². The normalized spacial score (nSPS) is 10.8. The van der Waals surface area contributed by atoms with E-state index in [1.807, 2.05) is 37.3 Å². The Morgan fingerprint density at radius 2 is 1.77 bits per heavy atom. The van der Waals surface area contributed by atoms with Gasteiger partial charge in [0.2, 0.25) is 0 Å². The van der Waals surface area contributed by atoms with Crippen molar-refractivity contribution in [3.63, 3.8) is 0 Å². The molecule has 156 valence electrons. The van der Waals surface area contributed by atoms with E-state index in [1.54, 1.807) is 24.3 Å². The smallest absolute Gasteiger partial charge is 0.266 e. The first-order valence-electron chi connectivity index (χ1n) is 10.1. The van der Waals surface area contributed by atoms with Crippen LogP contribution in [0, 0.1) is 11.3 Å². The second-order valence-electron chi connectivity index (χ2n) is 6.74. The summed E-state index contributed by atoms with van der Waals surface area (Å²) in [5.41, 5.74) is 2.55. The maximum absolute atomic E-state index is 12.4. The molecule has 0 fully saturated rings. The van der Waals surface area contributed by atoms with E-state index in [2.05, 4.69) is 17.6 Å². The van der Waals surface area contributed by atoms with Gasteiger partial charge in [0.1, 0.15) is 17.4 Å². The molecule has 0 saturated carbocycles. The quantitative estimate of drug-likeness (QED) is 0.460. The number of unbranched alkanes of at least 4 members (excludes halogenated alkanes) is 1. The van der Waals surface area contributed by atoms with Crippen molar-refractivity contribution in [2.75, 3.05) is 18.5 Å². The molecule has 6 heteroatoms. The number of amides is 2. The highest BCUT2D eigenvalue weighted by atomic mass is 16.5. The molecular formula is C24H27N3O3. The van der Waals surface area contributed by atoms with Gasteiger partial charge in [0.05, 0.1) is 0 Å². The first-order valence-corrected chi connectivity index (χ1v) is 10.1. The molecular weight excluding hydrogens is 378 g/mol. The van der Waals surface area contributed by atoms with Gasteiger partial charge < -0.3 is 15.4 Å². The van der Waals surface area contributed by atoms with Crippen LogP contribution in [0.1, 0.15) is 37.8 Å². The number of ether oxygens (including phenoxy) is 1. The van der Waals surface area contributed by atoms with E-state index in [0.717, 1.165) is 19.3 Å². The molecule has 0 heterocycles. The minimum atomic E-state index is -0.463. The Kier molecular flexibility index (Phi) is 9.14. The van der Waals surface area contributed by atoms with E-state index >= 15 is 0 Å². The maximum atomic E-state index is 12.4. The van der Waals surface area contributed by atoms with Gasteiger partial charge in [0.25, 0.3) is 11.8 Å². The predicted molar refractivity (Wildman–Crippen MR) is 118 cm³/mol. The highest BCUT2D eigenvalue weighted by molar-refractivity contribution is 6.09. The standard InChI is InChI=1S/C24H27N3O3/c1-3-5-6-18-7-11-21(12-8-18)27-24(29)20(16-25)15-19-9-13-22(14-10-19)30-17-23(28)26-4-2/h7-15H,3-6,17H2,1-2H3,(H,26,28)(H,27,29)/b20-15+. The van der Waals surface area contributed by atoms with Crippen molar-refractivity contribution in [3.8, 4) is 11.8 Å². The molecule has 6 nitrogen and oxygen atoms in total. The molecule has 2 N–H and O–H groups in total. The number of nitriles is 1. The second-order valence-corrected chi connectivity index (χ2v) is 6.74. The number of aryl methyl sites for hydroxylation is 1. The summed E-state index contributed by atoms with van der Waals surface area (Å²) in [5, 5.41) is 14.8. The number of carbonyl (C=O) groups is 2. The van der Waals surface area contributed by atoms with Crippen LogP contribution in [0.5, 0.6) is 5.75 Å². The van der Waals surface area contributed by atoms with Crippen LogP contribution in [-0.4, -0.2) is 25.0 Å². The molecule has 0 bridgehead atoms. The van der Waals surface area contributed by atoms with Crippen LogP contribution < -0.4 is 15.4 Å². The Balaban J connectivity index is 1.98. The maximum Gasteiger partial charge on any atom is 0.266 e. The number of benzene rings is 2. The van der Waals surface area contributed by atoms with Crippen molar-refractivity contribution < 1.29 is 14.3 Å². The Hall–Kier alpha value is -3.59. The van der Waals surface area contributed by atoms with E-state index in [9.17, 15) is 14.9 Å². The lowest BCUT2D eigenvalue weighted by Crippen LogP contribution is -2.28. The highest BCUT2D eigenvalue weighted by Crippen LogP contribution is 2.16. The number of nitrogens with one attached hydrogen (secondary N) is 2. The largest absolute Gasteiger partial charge is 0.484 e. The monoisotopic (exact) mass is 405 g/mol. The van der Waals surface area contributed by atoms with E-state index < -0.39 is 5.91 Å². The SMILES string of the molecule is CCCCc1ccc(NC(=O)/C(C#N)=C/c2ccc(OCC(=O)NCC)cc2)cc1. The Morgan fingerprint density at radius 1 is 1.07 bits per heavy atom. The number of anilines is 1. The number of likely N-dealkylation sites (N-methyl/N-ethyl adjacent to an activating group) is 1. The minimum Gasteiger partial charge on any atom is -0.484 e. The van der Waals surface area contributed by atoms with Crippen LogP contribution in [0.2, 0.25) is 0 Å². The van der Waals surface area contributed by atoms with Crippen LogP contribution in [0.25, 0.3) is 6.08 Å². The first kappa shape index (κ1) is 22.7. The molecule has 2 aromatic rings. The molecule has 0 aliphatic carbocycles. The average Bonchev–Trinajstić information content (AvgIpc) is 2.76. The summed E-state index contributed by atoms with van der Waals surface area (Å²) in [6.07, 6.45) is 4.79. The van der Waals surface area contributed by atoms with Gasteiger partial charge in [-0.15, -0.1) is 0 Å². The van der Waals surface area contributed by atoms with Crippen molar-refractivity contribution in [2.24, 2.45) is 0 Å². The van der Waals surface area contributed by atoms with Crippen molar-refractivity contribution >= 4 is 23.6 Å². The molecule has 2 aromatic carbocycles. The zero-order valence-electron chi connectivity index (χ0n) is 17.4. The summed E-state index contributed by atoms with van der Waals surface area (Å²) in [5.74, 6) is -0.122. The van der Waals surface area contributed by atoms with Gasteiger partial charge in [-0.25, -0.2) is 0 Å². The third kappa shape index (κ3) is 7.44. The van der Waals surface area contributed by atoms with Crippen LogP contribution in [0.3, 0.4) is 0 Å². The topological polar surface area (TPSA) is 91.2 Å². The van der Waals surface area contributed by atoms with Crippen molar-refractivity contribution in [2.45, 2.75) is 33.1 Å². The molecule has 0 aliphatic rings. The Morgan fingerprint density at radius 3 is 2.37 bits per heavy atom. The first-order chi connectivity index (χ1) is 14.5. The van der Waals surface area contributed by atoms with Gasteiger partial charge in [0.15, 0.2) is 6.61 Å². The lowest BCUT2D eigenvalue weighted by molar-refractivity contribution is -0.123. The molecule has 0 radical (unpaired) electrons.